The van der Waals surface area contributed by atoms with Gasteiger partial charge in [0.1, 0.15) is 28.4 Å². The summed E-state index contributed by atoms with van der Waals surface area (Å²) in [7, 11) is 11.8. The van der Waals surface area contributed by atoms with Gasteiger partial charge in [0, 0.05) is 136 Å². The first-order valence-corrected chi connectivity index (χ1v) is 16.1. The Balaban J connectivity index is 0.000000235. The number of imidazole rings is 4. The van der Waals surface area contributed by atoms with E-state index in [4.69, 9.17) is 14.7 Å². The largest absolute Gasteiger partial charge is 0.444 e. The van der Waals surface area contributed by atoms with E-state index in [9.17, 15) is 4.79 Å². The van der Waals surface area contributed by atoms with E-state index < -0.39 is 11.7 Å². The van der Waals surface area contributed by atoms with Gasteiger partial charge in [0.15, 0.2) is 23.3 Å². The van der Waals surface area contributed by atoms with Crippen molar-refractivity contribution in [1.29, 1.82) is 0 Å². The summed E-state index contributed by atoms with van der Waals surface area (Å²) in [5.74, 6) is 3.20. The van der Waals surface area contributed by atoms with Crippen LogP contribution in [-0.2, 0) is 52.7 Å². The number of hydrogen-bond donors (Lipinski definition) is 2. The quantitative estimate of drug-likeness (QED) is 0.195. The first-order valence-electron chi connectivity index (χ1n) is 16.1. The van der Waals surface area contributed by atoms with Crippen LogP contribution in [0.25, 0.3) is 46.1 Å². The van der Waals surface area contributed by atoms with Crippen molar-refractivity contribution in [3.05, 3.63) is 73.8 Å². The zero-order valence-electron chi connectivity index (χ0n) is 30.4. The average molecular weight is 870 g/mol. The number of alkyl carbamates (subject to hydrolysis) is 1. The molecule has 2 N–H and O–H groups in total. The van der Waals surface area contributed by atoms with Gasteiger partial charge in [-0.2, -0.15) is 0 Å². The molecule has 51 heavy (non-hydrogen) atoms. The van der Waals surface area contributed by atoms with Crippen LogP contribution in [0.15, 0.2) is 73.8 Å². The zero-order valence-corrected chi connectivity index (χ0v) is 33.0. The summed E-state index contributed by atoms with van der Waals surface area (Å²) < 4.78 is 13.0. The molecule has 270 valence electrons. The molecule has 6 rings (SSSR count). The van der Waals surface area contributed by atoms with Gasteiger partial charge in [0.05, 0.1) is 0 Å². The molecule has 0 radical (unpaired) electrons. The molecule has 16 heteroatoms. The number of anilines is 2. The summed E-state index contributed by atoms with van der Waals surface area (Å²) in [5, 5.41) is 6.06. The average Bonchev–Trinajstić information content (AvgIpc) is 3.87. The minimum absolute atomic E-state index is 0. The second kappa shape index (κ2) is 16.6. The Morgan fingerprint density at radius 1 is 0.667 bits per heavy atom. The fourth-order valence-electron chi connectivity index (χ4n) is 5.00. The molecular formula is C35H45N13O2Os. The van der Waals surface area contributed by atoms with E-state index in [-0.39, 0.29) is 19.8 Å². The normalized spacial score (nSPS) is 10.9. The van der Waals surface area contributed by atoms with Gasteiger partial charge >= 0.3 is 6.09 Å². The Morgan fingerprint density at radius 2 is 1.04 bits per heavy atom. The summed E-state index contributed by atoms with van der Waals surface area (Å²) >= 11 is 0. The van der Waals surface area contributed by atoms with E-state index in [0.29, 0.717) is 13.1 Å². The SMILES string of the molecule is CN(C)c1cc(-c2nccn2C)nc(-c2nccn2C)c1.Cn1ccnc1-c1cc(NCCNC(=O)OC(C)(C)C)cc(-c2nccn2C)n1.[Os]. The maximum Gasteiger partial charge on any atom is 0.407 e. The first-order chi connectivity index (χ1) is 23.8. The van der Waals surface area contributed by atoms with E-state index in [1.807, 2.05) is 130 Å². The number of hydrogen-bond acceptors (Lipinski definition) is 10. The predicted molar refractivity (Wildman–Crippen MR) is 194 cm³/mol. The Kier molecular flexibility index (Phi) is 12.5. The van der Waals surface area contributed by atoms with E-state index in [1.165, 1.54) is 0 Å². The standard InChI is InChI=1S/C20H27N7O2.C15H18N6.Os/c1-20(2,3)29-19(28)24-7-6-21-14-12-15(17-22-8-10-26(17)4)25-16(13-14)18-23-9-11-27(18)5;1-19(2)11-9-12(14-16-5-7-20(14)3)18-13(10-11)15-17-6-8-21(15)4;/h8-13H,6-7H2,1-5H3,(H,21,25)(H,24,28);5-10H,1-4H3;. The molecule has 1 amide bonds. The van der Waals surface area contributed by atoms with Gasteiger partial charge in [0.2, 0.25) is 0 Å². The smallest absolute Gasteiger partial charge is 0.407 e. The van der Waals surface area contributed by atoms with E-state index in [2.05, 4.69) is 35.5 Å². The van der Waals surface area contributed by atoms with Crippen molar-refractivity contribution in [2.24, 2.45) is 28.2 Å². The number of amides is 1. The van der Waals surface area contributed by atoms with Crippen molar-refractivity contribution >= 4 is 17.5 Å². The summed E-state index contributed by atoms with van der Waals surface area (Å²) in [5.41, 5.74) is 4.57. The van der Waals surface area contributed by atoms with Crippen LogP contribution in [0.5, 0.6) is 0 Å². The van der Waals surface area contributed by atoms with Crippen molar-refractivity contribution in [2.75, 3.05) is 37.4 Å². The predicted octanol–water partition coefficient (Wildman–Crippen LogP) is 4.77. The molecule has 0 unspecified atom stereocenters. The van der Waals surface area contributed by atoms with Crippen LogP contribution < -0.4 is 15.5 Å². The monoisotopic (exact) mass is 871 g/mol. The van der Waals surface area contributed by atoms with Crippen LogP contribution in [-0.4, -0.2) is 87.1 Å². The van der Waals surface area contributed by atoms with Crippen molar-refractivity contribution in [3.63, 3.8) is 0 Å². The van der Waals surface area contributed by atoms with Crippen molar-refractivity contribution < 1.29 is 29.3 Å². The Morgan fingerprint density at radius 3 is 1.35 bits per heavy atom. The number of ether oxygens (including phenoxy) is 1. The fraction of sp³-hybridized carbons (Fsp3) is 0.343. The molecule has 6 aromatic heterocycles. The molecule has 0 saturated heterocycles. The Hall–Kier alpha value is -5.35. The molecule has 0 aliphatic rings. The second-order valence-electron chi connectivity index (χ2n) is 12.9. The molecule has 0 fully saturated rings. The summed E-state index contributed by atoms with van der Waals surface area (Å²) in [6.07, 6.45) is 14.2. The van der Waals surface area contributed by atoms with E-state index in [0.717, 1.165) is 57.4 Å². The third kappa shape index (κ3) is 9.88. The van der Waals surface area contributed by atoms with Crippen LogP contribution in [0.4, 0.5) is 16.2 Å². The Bertz CT molecular complexity index is 1930. The van der Waals surface area contributed by atoms with Gasteiger partial charge in [0.25, 0.3) is 0 Å². The maximum absolute atomic E-state index is 11.8. The first kappa shape index (κ1) is 38.4. The number of rotatable bonds is 9. The van der Waals surface area contributed by atoms with Crippen LogP contribution in [0.3, 0.4) is 0 Å². The van der Waals surface area contributed by atoms with Crippen molar-refractivity contribution in [2.45, 2.75) is 26.4 Å². The molecule has 0 aliphatic heterocycles. The second-order valence-corrected chi connectivity index (χ2v) is 12.9. The van der Waals surface area contributed by atoms with Gasteiger partial charge in [-0.15, -0.1) is 0 Å². The molecule has 0 aliphatic carbocycles. The van der Waals surface area contributed by atoms with Gasteiger partial charge in [-0.1, -0.05) is 0 Å². The fourth-order valence-corrected chi connectivity index (χ4v) is 5.00. The third-order valence-corrected chi connectivity index (χ3v) is 7.48. The van der Waals surface area contributed by atoms with E-state index in [1.54, 1.807) is 24.8 Å². The van der Waals surface area contributed by atoms with Crippen LogP contribution in [0, 0.1) is 0 Å². The Labute approximate surface area is 311 Å². The number of carbonyl (C=O) groups excluding carboxylic acids is 1. The van der Waals surface area contributed by atoms with Crippen molar-refractivity contribution in [3.8, 4) is 46.1 Å². The number of carbonyl (C=O) groups is 1. The summed E-state index contributed by atoms with van der Waals surface area (Å²) in [6, 6.07) is 7.94. The summed E-state index contributed by atoms with van der Waals surface area (Å²) in [6.45, 7) is 6.45. The minimum atomic E-state index is -0.517. The molecule has 0 bridgehead atoms. The summed E-state index contributed by atoms with van der Waals surface area (Å²) in [4.78, 5) is 40.9. The number of aryl methyl sites for hydroxylation is 4. The molecule has 6 aromatic rings. The maximum atomic E-state index is 11.8. The van der Waals surface area contributed by atoms with Gasteiger partial charge in [-0.05, 0) is 45.0 Å². The minimum Gasteiger partial charge on any atom is -0.444 e. The third-order valence-electron chi connectivity index (χ3n) is 7.48. The molecule has 0 spiro atoms. The molecular weight excluding hydrogens is 825 g/mol. The van der Waals surface area contributed by atoms with Crippen LogP contribution in [0.1, 0.15) is 20.8 Å². The molecule has 0 atom stereocenters. The van der Waals surface area contributed by atoms with Crippen LogP contribution in [0.2, 0.25) is 0 Å². The van der Waals surface area contributed by atoms with Crippen molar-refractivity contribution in [1.82, 2.24) is 53.5 Å². The van der Waals surface area contributed by atoms with Crippen LogP contribution >= 0.6 is 0 Å². The number of nitrogens with one attached hydrogen (secondary N) is 2. The number of aromatic nitrogens is 10. The van der Waals surface area contributed by atoms with Gasteiger partial charge in [-0.25, -0.2) is 34.7 Å². The molecule has 0 aromatic carbocycles. The van der Waals surface area contributed by atoms with E-state index >= 15 is 0 Å². The van der Waals surface area contributed by atoms with Gasteiger partial charge < -0.3 is 38.5 Å². The number of pyridine rings is 2. The molecule has 6 heterocycles. The van der Waals surface area contributed by atoms with Gasteiger partial charge in [-0.3, -0.25) is 0 Å². The number of nitrogens with zero attached hydrogens (tertiary/aromatic N) is 11. The zero-order chi connectivity index (χ0) is 36.0. The topological polar surface area (TPSA) is 151 Å². The molecule has 15 nitrogen and oxygen atoms in total. The molecule has 0 saturated carbocycles.